The molecular weight excluding hydrogens is 754 g/mol. The number of hydrogen-bond donors (Lipinski definition) is 1. The standard InChI is InChI=1S/C27H42O9.6CO.2Co/c1-26(2,3)24(29)33-16-18(35-25(30)27(4,5)6)13-12-17-10-9-11-19-23(34-17)21(28)22(32-8)20(36-19)14-15-31-7;6*1-2;;/h12-13,17-23,28H,11,14-16H2,1-8H3;;;;;;;;/b13-12+;;;;;;;;/t17-,18+,19+,20-,21+,22-,23+;;;;;;;;/m1......../s1. The molecule has 50 heavy (non-hydrogen) atoms. The van der Waals surface area contributed by atoms with Crippen molar-refractivity contribution in [3.63, 3.8) is 0 Å². The molecule has 2 aliphatic heterocycles. The van der Waals surface area contributed by atoms with Crippen LogP contribution in [0.5, 0.6) is 0 Å². The third-order valence-electron chi connectivity index (χ3n) is 5.85. The summed E-state index contributed by atoms with van der Waals surface area (Å²) in [6, 6.07) is 0. The maximum absolute atomic E-state index is 12.5. The Morgan fingerprint density at radius 3 is 1.76 bits per heavy atom. The van der Waals surface area contributed by atoms with E-state index in [1.807, 2.05) is 0 Å². The Bertz CT molecular complexity index is 1060. The molecule has 0 saturated carbocycles. The fourth-order valence-electron chi connectivity index (χ4n) is 3.70. The van der Waals surface area contributed by atoms with Crippen molar-refractivity contribution >= 4 is 11.9 Å². The van der Waals surface area contributed by atoms with Crippen molar-refractivity contribution in [3.05, 3.63) is 52.1 Å². The van der Waals surface area contributed by atoms with Crippen LogP contribution < -0.4 is 0 Å². The van der Waals surface area contributed by atoms with Crippen molar-refractivity contribution in [1.82, 2.24) is 0 Å². The number of esters is 2. The zero-order valence-electron chi connectivity index (χ0n) is 28.9. The first kappa shape index (κ1) is 62.6. The quantitative estimate of drug-likeness (QED) is 0.118. The van der Waals surface area contributed by atoms with E-state index >= 15 is 0 Å². The number of ether oxygens (including phenoxy) is 6. The SMILES string of the molecule is COCC[C@H]1O[C@H]2CC#C[C@H](/C=C/[C@@H](COC(=O)C(C)(C)C)OC(=O)C(C)(C)C)O[C@@H]2[C@@H](O)[C@@H]1OC.[C-]#[O+].[C-]#[O+].[C-]#[O+].[C-]#[O+].[C-]#[O+].[C-]#[O+].[Co].[Co]. The van der Waals surface area contributed by atoms with Crippen molar-refractivity contribution in [2.24, 2.45) is 10.8 Å². The summed E-state index contributed by atoms with van der Waals surface area (Å²) in [7, 11) is 3.13. The average Bonchev–Trinajstić information content (AvgIpc) is 3.31. The number of hydrogen-bond acceptors (Lipinski definition) is 9. The Morgan fingerprint density at radius 1 is 0.860 bits per heavy atom. The predicted molar refractivity (Wildman–Crippen MR) is 155 cm³/mol. The van der Waals surface area contributed by atoms with Crippen LogP contribution in [0.25, 0.3) is 0 Å². The molecule has 282 valence electrons. The van der Waals surface area contributed by atoms with E-state index in [0.29, 0.717) is 19.4 Å². The van der Waals surface area contributed by atoms with E-state index in [1.54, 1.807) is 60.8 Å². The molecule has 15 nitrogen and oxygen atoms in total. The average molecular weight is 797 g/mol. The Kier molecular flexibility index (Phi) is 47.3. The van der Waals surface area contributed by atoms with Crippen molar-refractivity contribution in [2.75, 3.05) is 27.4 Å². The van der Waals surface area contributed by atoms with Crippen LogP contribution in [0.1, 0.15) is 54.4 Å². The second-order valence-corrected chi connectivity index (χ2v) is 11.2. The number of fused-ring (bicyclic) bond motifs is 1. The van der Waals surface area contributed by atoms with Gasteiger partial charge in [0.25, 0.3) is 0 Å². The fraction of sp³-hybridized carbons (Fsp3) is 0.636. The zero-order valence-corrected chi connectivity index (χ0v) is 30.9. The fourth-order valence-corrected chi connectivity index (χ4v) is 3.70. The normalized spacial score (nSPS) is 21.5. The molecule has 0 unspecified atom stereocenters. The zero-order chi connectivity index (χ0) is 39.1. The topological polar surface area (TPSA) is 229 Å². The summed E-state index contributed by atoms with van der Waals surface area (Å²) in [5.74, 6) is 5.23. The van der Waals surface area contributed by atoms with Crippen LogP contribution >= 0.6 is 0 Å². The first-order chi connectivity index (χ1) is 22.8. The van der Waals surface area contributed by atoms with Crippen molar-refractivity contribution in [1.29, 1.82) is 0 Å². The number of aliphatic hydroxyl groups is 1. The number of rotatable bonds is 9. The van der Waals surface area contributed by atoms with Crippen molar-refractivity contribution in [3.8, 4) is 11.8 Å². The molecule has 2 radical (unpaired) electrons. The number of methoxy groups -OCH3 is 2. The van der Waals surface area contributed by atoms with Gasteiger partial charge < -0.3 is 33.5 Å². The second-order valence-electron chi connectivity index (χ2n) is 11.2. The minimum Gasteiger partial charge on any atom is 0 e. The third kappa shape index (κ3) is 25.4. The molecule has 0 aliphatic carbocycles. The van der Waals surface area contributed by atoms with Crippen LogP contribution in [0, 0.1) is 62.6 Å². The van der Waals surface area contributed by atoms with E-state index in [1.165, 1.54) is 7.11 Å². The third-order valence-corrected chi connectivity index (χ3v) is 5.85. The molecule has 0 bridgehead atoms. The van der Waals surface area contributed by atoms with Gasteiger partial charge in [0, 0.05) is 60.8 Å². The van der Waals surface area contributed by atoms with E-state index in [-0.39, 0.29) is 46.3 Å². The first-order valence-electron chi connectivity index (χ1n) is 13.6. The van der Waals surface area contributed by atoms with Crippen LogP contribution in [-0.2, 0) is 99.5 Å². The molecule has 7 atom stereocenters. The largest absolute Gasteiger partial charge is 0 e. The van der Waals surface area contributed by atoms with Gasteiger partial charge >= 0.3 is 79.8 Å². The van der Waals surface area contributed by atoms with Gasteiger partial charge in [-0.05, 0) is 60.1 Å². The predicted octanol–water partition coefficient (Wildman–Crippen LogP) is 2.20. The van der Waals surface area contributed by atoms with Crippen LogP contribution in [0.15, 0.2) is 12.2 Å². The van der Waals surface area contributed by atoms with Crippen LogP contribution in [0.3, 0.4) is 0 Å². The molecule has 0 aromatic carbocycles. The van der Waals surface area contributed by atoms with Gasteiger partial charge in [0.05, 0.1) is 23.0 Å². The van der Waals surface area contributed by atoms with E-state index in [0.717, 1.165) is 0 Å². The summed E-state index contributed by atoms with van der Waals surface area (Å²) >= 11 is 0. The smallest absolute Gasteiger partial charge is 0 e. The summed E-state index contributed by atoms with van der Waals surface area (Å²) < 4.78 is 78.9. The second kappa shape index (κ2) is 37.7. The molecule has 0 aromatic rings. The van der Waals surface area contributed by atoms with E-state index in [9.17, 15) is 14.7 Å². The Balaban J connectivity index is -0.000000238. The minimum absolute atomic E-state index is 0. The van der Waals surface area contributed by atoms with Gasteiger partial charge in [0.1, 0.15) is 31.0 Å². The van der Waals surface area contributed by atoms with Crippen LogP contribution in [-0.4, -0.2) is 87.2 Å². The van der Waals surface area contributed by atoms with Gasteiger partial charge in [-0.25, -0.2) is 0 Å². The maximum Gasteiger partial charge on any atom is 0 e. The molecule has 1 saturated heterocycles. The number of carbonyl (C=O) groups excluding carboxylic acids is 2. The number of aliphatic hydroxyl groups excluding tert-OH is 1. The molecular formula is C33H42Co2O15. The van der Waals surface area contributed by atoms with Gasteiger partial charge in [0.15, 0.2) is 6.10 Å². The maximum atomic E-state index is 12.5. The van der Waals surface area contributed by atoms with Crippen molar-refractivity contribution in [2.45, 2.75) is 97.1 Å². The molecule has 0 spiro atoms. The molecule has 2 heterocycles. The molecule has 2 rings (SSSR count). The minimum atomic E-state index is -0.935. The van der Waals surface area contributed by atoms with E-state index < -0.39 is 59.4 Å². The monoisotopic (exact) mass is 796 g/mol. The molecule has 0 amide bonds. The van der Waals surface area contributed by atoms with Crippen LogP contribution in [0.2, 0.25) is 0 Å². The summed E-state index contributed by atoms with van der Waals surface area (Å²) in [6.07, 6.45) is -0.291. The number of carbonyl (C=O) groups is 2. The van der Waals surface area contributed by atoms with E-state index in [4.69, 9.17) is 56.3 Å². The molecule has 1 N–H and O–H groups in total. The van der Waals surface area contributed by atoms with Gasteiger partial charge in [0.2, 0.25) is 0 Å². The van der Waals surface area contributed by atoms with Gasteiger partial charge in [-0.15, -0.1) is 0 Å². The Hall–Kier alpha value is -2.51. The van der Waals surface area contributed by atoms with Gasteiger partial charge in [-0.1, -0.05) is 11.8 Å². The van der Waals surface area contributed by atoms with Gasteiger partial charge in [-0.2, -0.15) is 0 Å². The molecule has 1 fully saturated rings. The Morgan fingerprint density at radius 2 is 1.34 bits per heavy atom. The van der Waals surface area contributed by atoms with E-state index in [2.05, 4.69) is 51.7 Å². The van der Waals surface area contributed by atoms with Crippen molar-refractivity contribution < 1.29 is 105 Å². The Labute approximate surface area is 314 Å². The first-order valence-corrected chi connectivity index (χ1v) is 13.6. The molecule has 17 heteroatoms. The molecule has 2 aliphatic rings. The summed E-state index contributed by atoms with van der Waals surface area (Å²) in [5.41, 5.74) is -1.42. The summed E-state index contributed by atoms with van der Waals surface area (Å²) in [6.45, 7) is 37.8. The summed E-state index contributed by atoms with van der Waals surface area (Å²) in [4.78, 5) is 24.8. The van der Waals surface area contributed by atoms with Crippen LogP contribution in [0.4, 0.5) is 0 Å². The van der Waals surface area contributed by atoms with Gasteiger partial charge in [-0.3, -0.25) is 9.59 Å². The summed E-state index contributed by atoms with van der Waals surface area (Å²) in [5, 5.41) is 11.0. The molecule has 0 aromatic heterocycles.